The maximum atomic E-state index is 13.3. The molecule has 0 bridgehead atoms. The zero-order valence-corrected chi connectivity index (χ0v) is 12.7. The number of carbonyl (C=O) groups excluding carboxylic acids is 1. The van der Waals surface area contributed by atoms with Gasteiger partial charge in [0.15, 0.2) is 11.6 Å². The van der Waals surface area contributed by atoms with E-state index < -0.39 is 11.9 Å². The Hall–Kier alpha value is -1.66. The number of likely N-dealkylation sites (N-methyl/N-ethyl adjacent to an activating group) is 1. The predicted octanol–water partition coefficient (Wildman–Crippen LogP) is 1.02. The number of carbonyl (C=O) groups is 1. The van der Waals surface area contributed by atoms with Gasteiger partial charge in [0.1, 0.15) is 12.7 Å². The number of nitrogens with one attached hydrogen (secondary N) is 1. The van der Waals surface area contributed by atoms with Gasteiger partial charge in [-0.3, -0.25) is 9.69 Å². The molecule has 1 aromatic rings. The number of benzene rings is 1. The molecule has 0 spiro atoms. The first-order valence-corrected chi connectivity index (χ1v) is 6.91. The van der Waals surface area contributed by atoms with Gasteiger partial charge in [-0.1, -0.05) is 12.1 Å². The van der Waals surface area contributed by atoms with Crippen LogP contribution in [0.25, 0.3) is 0 Å². The Bertz CT molecular complexity index is 454. The van der Waals surface area contributed by atoms with Crippen LogP contribution in [0.3, 0.4) is 0 Å². The number of para-hydroxylation sites is 1. The molecule has 0 aliphatic heterocycles. The number of halogens is 1. The zero-order valence-electron chi connectivity index (χ0n) is 12.7. The van der Waals surface area contributed by atoms with Gasteiger partial charge in [0.25, 0.3) is 0 Å². The Balaban J connectivity index is 2.31. The van der Waals surface area contributed by atoms with Crippen LogP contribution in [-0.4, -0.2) is 54.8 Å². The Morgan fingerprint density at radius 1 is 1.43 bits per heavy atom. The van der Waals surface area contributed by atoms with Gasteiger partial charge in [-0.15, -0.1) is 0 Å². The second kappa shape index (κ2) is 8.59. The SMILES string of the molecule is CC(C)NC(=O)CN(C)CC(O)COc1ccccc1F. The predicted molar refractivity (Wildman–Crippen MR) is 78.7 cm³/mol. The molecule has 0 radical (unpaired) electrons. The minimum absolute atomic E-state index is 0.0307. The highest BCUT2D eigenvalue weighted by Crippen LogP contribution is 2.15. The van der Waals surface area contributed by atoms with Crippen molar-refractivity contribution in [1.29, 1.82) is 0 Å². The van der Waals surface area contributed by atoms with Crippen molar-refractivity contribution < 1.29 is 19.0 Å². The largest absolute Gasteiger partial charge is 0.488 e. The number of aliphatic hydroxyl groups excluding tert-OH is 1. The van der Waals surface area contributed by atoms with Crippen molar-refractivity contribution >= 4 is 5.91 Å². The van der Waals surface area contributed by atoms with Crippen molar-refractivity contribution in [3.8, 4) is 5.75 Å². The van der Waals surface area contributed by atoms with Gasteiger partial charge in [-0.25, -0.2) is 4.39 Å². The first-order chi connectivity index (χ1) is 9.88. The number of nitrogens with zero attached hydrogens (tertiary/aromatic N) is 1. The smallest absolute Gasteiger partial charge is 0.234 e. The third-order valence-corrected chi connectivity index (χ3v) is 2.65. The molecule has 0 aliphatic rings. The summed E-state index contributed by atoms with van der Waals surface area (Å²) in [5, 5.41) is 12.6. The Morgan fingerprint density at radius 3 is 2.71 bits per heavy atom. The summed E-state index contributed by atoms with van der Waals surface area (Å²) in [5.74, 6) is -0.458. The van der Waals surface area contributed by atoms with Crippen LogP contribution in [0.4, 0.5) is 4.39 Å². The lowest BCUT2D eigenvalue weighted by atomic mass is 10.3. The van der Waals surface area contributed by atoms with Crippen LogP contribution in [0, 0.1) is 5.82 Å². The Morgan fingerprint density at radius 2 is 2.10 bits per heavy atom. The molecule has 2 N–H and O–H groups in total. The zero-order chi connectivity index (χ0) is 15.8. The Kier molecular flexibility index (Phi) is 7.11. The highest BCUT2D eigenvalue weighted by atomic mass is 19.1. The molecule has 0 heterocycles. The second-order valence-electron chi connectivity index (χ2n) is 5.31. The van der Waals surface area contributed by atoms with Crippen molar-refractivity contribution in [3.05, 3.63) is 30.1 Å². The lowest BCUT2D eigenvalue weighted by Gasteiger charge is -2.21. The molecule has 1 amide bonds. The number of amides is 1. The summed E-state index contributed by atoms with van der Waals surface area (Å²) in [5.41, 5.74) is 0. The molecule has 1 unspecified atom stereocenters. The molecule has 0 aliphatic carbocycles. The molecule has 1 aromatic carbocycles. The third-order valence-electron chi connectivity index (χ3n) is 2.65. The van der Waals surface area contributed by atoms with Crippen LogP contribution < -0.4 is 10.1 Å². The van der Waals surface area contributed by atoms with Crippen LogP contribution in [0.15, 0.2) is 24.3 Å². The molecule has 0 fully saturated rings. The molecule has 0 aromatic heterocycles. The van der Waals surface area contributed by atoms with Gasteiger partial charge in [0.05, 0.1) is 6.54 Å². The van der Waals surface area contributed by atoms with Crippen molar-refractivity contribution in [3.63, 3.8) is 0 Å². The van der Waals surface area contributed by atoms with Crippen molar-refractivity contribution in [2.24, 2.45) is 0 Å². The number of ether oxygens (including phenoxy) is 1. The lowest BCUT2D eigenvalue weighted by Crippen LogP contribution is -2.42. The van der Waals surface area contributed by atoms with E-state index in [1.54, 1.807) is 24.1 Å². The minimum Gasteiger partial charge on any atom is -0.488 e. The van der Waals surface area contributed by atoms with Crippen LogP contribution in [0.2, 0.25) is 0 Å². The first-order valence-electron chi connectivity index (χ1n) is 6.91. The van der Waals surface area contributed by atoms with E-state index >= 15 is 0 Å². The van der Waals surface area contributed by atoms with E-state index in [1.807, 2.05) is 13.8 Å². The summed E-state index contributed by atoms with van der Waals surface area (Å²) in [7, 11) is 1.73. The Labute approximate surface area is 124 Å². The van der Waals surface area contributed by atoms with E-state index in [1.165, 1.54) is 12.1 Å². The number of aliphatic hydroxyl groups is 1. The molecule has 0 saturated heterocycles. The van der Waals surface area contributed by atoms with Crippen molar-refractivity contribution in [2.45, 2.75) is 26.0 Å². The van der Waals surface area contributed by atoms with Crippen LogP contribution in [-0.2, 0) is 4.79 Å². The summed E-state index contributed by atoms with van der Waals surface area (Å²) in [4.78, 5) is 13.2. The molecule has 5 nitrogen and oxygen atoms in total. The van der Waals surface area contributed by atoms with Gasteiger partial charge in [-0.2, -0.15) is 0 Å². The average Bonchev–Trinajstić information content (AvgIpc) is 2.36. The average molecular weight is 298 g/mol. The number of hydrogen-bond acceptors (Lipinski definition) is 4. The quantitative estimate of drug-likeness (QED) is 0.752. The van der Waals surface area contributed by atoms with E-state index in [9.17, 15) is 14.3 Å². The number of hydrogen-bond donors (Lipinski definition) is 2. The highest BCUT2D eigenvalue weighted by Gasteiger charge is 2.13. The lowest BCUT2D eigenvalue weighted by molar-refractivity contribution is -0.122. The van der Waals surface area contributed by atoms with E-state index in [-0.39, 0.29) is 37.4 Å². The monoisotopic (exact) mass is 298 g/mol. The first kappa shape index (κ1) is 17.4. The maximum Gasteiger partial charge on any atom is 0.234 e. The van der Waals surface area contributed by atoms with Gasteiger partial charge in [0, 0.05) is 12.6 Å². The molecule has 21 heavy (non-hydrogen) atoms. The van der Waals surface area contributed by atoms with E-state index in [2.05, 4.69) is 5.32 Å². The summed E-state index contributed by atoms with van der Waals surface area (Å²) >= 11 is 0. The normalized spacial score (nSPS) is 12.5. The molecular weight excluding hydrogens is 275 g/mol. The topological polar surface area (TPSA) is 61.8 Å². The van der Waals surface area contributed by atoms with E-state index in [0.717, 1.165) is 0 Å². The van der Waals surface area contributed by atoms with Crippen LogP contribution in [0.1, 0.15) is 13.8 Å². The summed E-state index contributed by atoms with van der Waals surface area (Å²) in [6.45, 7) is 4.19. The number of rotatable bonds is 8. The molecular formula is C15H23FN2O3. The fourth-order valence-corrected chi connectivity index (χ4v) is 1.84. The molecule has 1 atom stereocenters. The van der Waals surface area contributed by atoms with Gasteiger partial charge in [-0.05, 0) is 33.0 Å². The maximum absolute atomic E-state index is 13.3. The van der Waals surface area contributed by atoms with E-state index in [4.69, 9.17) is 4.74 Å². The van der Waals surface area contributed by atoms with Crippen molar-refractivity contribution in [2.75, 3.05) is 26.7 Å². The highest BCUT2D eigenvalue weighted by molar-refractivity contribution is 5.78. The summed E-state index contributed by atoms with van der Waals surface area (Å²) < 4.78 is 18.5. The minimum atomic E-state index is -0.804. The molecule has 0 saturated carbocycles. The molecule has 1 rings (SSSR count). The fraction of sp³-hybridized carbons (Fsp3) is 0.533. The standard InChI is InChI=1S/C15H23FN2O3/c1-11(2)17-15(20)9-18(3)8-12(19)10-21-14-7-5-4-6-13(14)16/h4-7,11-12,19H,8-10H2,1-3H3,(H,17,20). The van der Waals surface area contributed by atoms with Crippen LogP contribution in [0.5, 0.6) is 5.75 Å². The van der Waals surface area contributed by atoms with E-state index in [0.29, 0.717) is 0 Å². The second-order valence-corrected chi connectivity index (χ2v) is 5.31. The van der Waals surface area contributed by atoms with Gasteiger partial charge >= 0.3 is 0 Å². The fourth-order valence-electron chi connectivity index (χ4n) is 1.84. The van der Waals surface area contributed by atoms with Gasteiger partial charge in [0.2, 0.25) is 5.91 Å². The van der Waals surface area contributed by atoms with Crippen LogP contribution >= 0.6 is 0 Å². The summed E-state index contributed by atoms with van der Waals surface area (Å²) in [6, 6.07) is 6.11. The van der Waals surface area contributed by atoms with Crippen molar-refractivity contribution in [1.82, 2.24) is 10.2 Å². The molecule has 6 heteroatoms. The third kappa shape index (κ3) is 7.06. The molecule has 118 valence electrons. The summed E-state index contributed by atoms with van der Waals surface area (Å²) in [6.07, 6.45) is -0.804. The van der Waals surface area contributed by atoms with Gasteiger partial charge < -0.3 is 15.2 Å².